The van der Waals surface area contributed by atoms with E-state index in [2.05, 4.69) is 35.7 Å². The fraction of sp³-hybridized carbons (Fsp3) is 0.280. The molecule has 3 heterocycles. The van der Waals surface area contributed by atoms with E-state index in [0.29, 0.717) is 53.1 Å². The number of ketones is 1. The van der Waals surface area contributed by atoms with Crippen LogP contribution in [0.4, 0.5) is 23.0 Å². The van der Waals surface area contributed by atoms with Crippen molar-refractivity contribution in [2.24, 2.45) is 7.05 Å². The predicted molar refractivity (Wildman–Crippen MR) is 138 cm³/mol. The van der Waals surface area contributed by atoms with Gasteiger partial charge in [0, 0.05) is 32.3 Å². The molecule has 4 aromatic rings. The number of hydrogen-bond donors (Lipinski definition) is 2. The number of aryl methyl sites for hydroxylation is 1. The molecule has 0 saturated carbocycles. The molecule has 36 heavy (non-hydrogen) atoms. The van der Waals surface area contributed by atoms with Crippen LogP contribution in [0.15, 0.2) is 49.2 Å². The average Bonchev–Trinajstić information content (AvgIpc) is 3.30. The zero-order valence-corrected chi connectivity index (χ0v) is 21.0. The number of pyridine rings is 1. The summed E-state index contributed by atoms with van der Waals surface area (Å²) < 4.78 is 7.34. The molecule has 2 N–H and O–H groups in total. The molecule has 1 aromatic carbocycles. The van der Waals surface area contributed by atoms with Crippen molar-refractivity contribution in [2.45, 2.75) is 19.9 Å². The molecule has 0 radical (unpaired) electrons. The van der Waals surface area contributed by atoms with E-state index in [1.165, 1.54) is 0 Å². The minimum absolute atomic E-state index is 0.0362. The molecule has 0 unspecified atom stereocenters. The van der Waals surface area contributed by atoms with Gasteiger partial charge in [0.1, 0.15) is 18.0 Å². The van der Waals surface area contributed by atoms with Crippen LogP contribution in [-0.4, -0.2) is 61.6 Å². The van der Waals surface area contributed by atoms with Crippen LogP contribution in [0.2, 0.25) is 0 Å². The first-order valence-electron chi connectivity index (χ1n) is 11.4. The number of Topliss-reactive ketones (excluding diaryl/α,β-unsaturated/α-hetero) is 1. The van der Waals surface area contributed by atoms with E-state index in [0.717, 1.165) is 11.3 Å². The van der Waals surface area contributed by atoms with Gasteiger partial charge < -0.3 is 20.3 Å². The van der Waals surface area contributed by atoms with Gasteiger partial charge in [0.25, 0.3) is 0 Å². The molecule has 0 fully saturated rings. The summed E-state index contributed by atoms with van der Waals surface area (Å²) in [5.41, 5.74) is 3.31. The SMILES string of the molecule is CCC(=O)c1cnc(Nc2cnc(CN(C)C)cn2)cc1Nc1cccc(-c2ncn(C)n2)c1OC. The number of rotatable bonds is 10. The number of carbonyl (C=O) groups is 1. The summed E-state index contributed by atoms with van der Waals surface area (Å²) in [4.78, 5) is 32.3. The molecule has 0 aliphatic heterocycles. The third-order valence-electron chi connectivity index (χ3n) is 5.29. The van der Waals surface area contributed by atoms with Crippen LogP contribution in [-0.2, 0) is 13.6 Å². The van der Waals surface area contributed by atoms with E-state index < -0.39 is 0 Å². The van der Waals surface area contributed by atoms with Crippen molar-refractivity contribution in [3.8, 4) is 17.1 Å². The number of benzene rings is 1. The van der Waals surface area contributed by atoms with Crippen molar-refractivity contribution < 1.29 is 9.53 Å². The molecule has 0 saturated heterocycles. The van der Waals surface area contributed by atoms with Crippen LogP contribution in [0.3, 0.4) is 0 Å². The van der Waals surface area contributed by atoms with Gasteiger partial charge >= 0.3 is 0 Å². The van der Waals surface area contributed by atoms with Gasteiger partial charge in [-0.25, -0.2) is 15.0 Å². The van der Waals surface area contributed by atoms with Crippen molar-refractivity contribution in [1.29, 1.82) is 0 Å². The van der Waals surface area contributed by atoms with Gasteiger partial charge in [0.05, 0.1) is 47.7 Å². The molecule has 0 amide bonds. The van der Waals surface area contributed by atoms with Gasteiger partial charge in [-0.05, 0) is 26.2 Å². The molecule has 0 aliphatic rings. The summed E-state index contributed by atoms with van der Waals surface area (Å²) >= 11 is 0. The second-order valence-corrected chi connectivity index (χ2v) is 8.40. The number of methoxy groups -OCH3 is 1. The van der Waals surface area contributed by atoms with Crippen molar-refractivity contribution in [2.75, 3.05) is 31.8 Å². The summed E-state index contributed by atoms with van der Waals surface area (Å²) in [6.07, 6.45) is 6.91. The largest absolute Gasteiger partial charge is 0.494 e. The van der Waals surface area contributed by atoms with E-state index in [1.54, 1.807) is 49.8 Å². The Hall–Kier alpha value is -4.38. The molecule has 11 nitrogen and oxygen atoms in total. The number of ether oxygens (including phenoxy) is 1. The lowest BCUT2D eigenvalue weighted by Gasteiger charge is -2.17. The van der Waals surface area contributed by atoms with Crippen LogP contribution in [0.1, 0.15) is 29.4 Å². The van der Waals surface area contributed by atoms with Crippen molar-refractivity contribution in [1.82, 2.24) is 34.6 Å². The molecule has 0 atom stereocenters. The van der Waals surface area contributed by atoms with E-state index in [9.17, 15) is 4.79 Å². The molecule has 0 spiro atoms. The van der Waals surface area contributed by atoms with Gasteiger partial charge in [-0.1, -0.05) is 13.0 Å². The highest BCUT2D eigenvalue weighted by Crippen LogP contribution is 2.37. The highest BCUT2D eigenvalue weighted by Gasteiger charge is 2.18. The van der Waals surface area contributed by atoms with Gasteiger partial charge in [-0.3, -0.25) is 14.5 Å². The third kappa shape index (κ3) is 5.63. The Labute approximate surface area is 209 Å². The second-order valence-electron chi connectivity index (χ2n) is 8.40. The predicted octanol–water partition coefficient (Wildman–Crippen LogP) is 3.82. The quantitative estimate of drug-likeness (QED) is 0.319. The standard InChI is InChI=1S/C25H29N9O2/c1-6-21(35)18-12-28-22(31-23-13-26-16(11-27-23)14-33(2)3)10-20(18)30-19-9-7-8-17(24(19)36-5)25-29-15-34(4)32-25/h7-13,15H,6,14H2,1-5H3,(H2,27,28,30,31). The monoisotopic (exact) mass is 487 g/mol. The minimum Gasteiger partial charge on any atom is -0.494 e. The zero-order valence-electron chi connectivity index (χ0n) is 21.0. The third-order valence-corrected chi connectivity index (χ3v) is 5.29. The van der Waals surface area contributed by atoms with Gasteiger partial charge in [0.15, 0.2) is 17.4 Å². The fourth-order valence-corrected chi connectivity index (χ4v) is 3.64. The first-order valence-corrected chi connectivity index (χ1v) is 11.4. The fourth-order valence-electron chi connectivity index (χ4n) is 3.64. The number of carbonyl (C=O) groups excluding carboxylic acids is 1. The Morgan fingerprint density at radius 1 is 1.03 bits per heavy atom. The van der Waals surface area contributed by atoms with E-state index in [-0.39, 0.29) is 5.78 Å². The first kappa shape index (κ1) is 24.7. The van der Waals surface area contributed by atoms with Gasteiger partial charge in [-0.15, -0.1) is 0 Å². The van der Waals surface area contributed by atoms with Gasteiger partial charge in [0.2, 0.25) is 0 Å². The molecule has 186 valence electrons. The Morgan fingerprint density at radius 3 is 2.47 bits per heavy atom. The highest BCUT2D eigenvalue weighted by atomic mass is 16.5. The molecule has 11 heteroatoms. The minimum atomic E-state index is -0.0362. The van der Waals surface area contributed by atoms with E-state index >= 15 is 0 Å². The maximum Gasteiger partial charge on any atom is 0.184 e. The number of anilines is 4. The van der Waals surface area contributed by atoms with Crippen LogP contribution >= 0.6 is 0 Å². The van der Waals surface area contributed by atoms with Crippen LogP contribution in [0, 0.1) is 0 Å². The van der Waals surface area contributed by atoms with Gasteiger partial charge in [-0.2, -0.15) is 5.10 Å². The van der Waals surface area contributed by atoms with Crippen molar-refractivity contribution >= 4 is 28.8 Å². The summed E-state index contributed by atoms with van der Waals surface area (Å²) in [6.45, 7) is 2.51. The summed E-state index contributed by atoms with van der Waals surface area (Å²) in [6, 6.07) is 7.40. The lowest BCUT2D eigenvalue weighted by Crippen LogP contribution is -2.12. The molecular formula is C25H29N9O2. The van der Waals surface area contributed by atoms with Crippen molar-refractivity contribution in [3.05, 3.63) is 60.4 Å². The number of nitrogens with zero attached hydrogens (tertiary/aromatic N) is 7. The molecule has 4 rings (SSSR count). The van der Waals surface area contributed by atoms with Crippen LogP contribution < -0.4 is 15.4 Å². The maximum absolute atomic E-state index is 12.7. The lowest BCUT2D eigenvalue weighted by atomic mass is 10.1. The molecule has 0 aliphatic carbocycles. The number of aromatic nitrogens is 6. The normalized spacial score (nSPS) is 10.9. The average molecular weight is 488 g/mol. The Bertz CT molecular complexity index is 1350. The number of para-hydroxylation sites is 1. The van der Waals surface area contributed by atoms with E-state index in [1.807, 2.05) is 44.1 Å². The summed E-state index contributed by atoms with van der Waals surface area (Å²) in [5, 5.41) is 10.9. The summed E-state index contributed by atoms with van der Waals surface area (Å²) in [7, 11) is 7.34. The zero-order chi connectivity index (χ0) is 25.7. The summed E-state index contributed by atoms with van der Waals surface area (Å²) in [5.74, 6) is 2.13. The molecule has 0 bridgehead atoms. The first-order chi connectivity index (χ1) is 17.4. The van der Waals surface area contributed by atoms with Crippen molar-refractivity contribution in [3.63, 3.8) is 0 Å². The lowest BCUT2D eigenvalue weighted by molar-refractivity contribution is 0.0988. The van der Waals surface area contributed by atoms with Crippen LogP contribution in [0.5, 0.6) is 5.75 Å². The smallest absolute Gasteiger partial charge is 0.184 e. The highest BCUT2D eigenvalue weighted by molar-refractivity contribution is 6.02. The maximum atomic E-state index is 12.7. The van der Waals surface area contributed by atoms with E-state index in [4.69, 9.17) is 4.74 Å². The van der Waals surface area contributed by atoms with Crippen LogP contribution in [0.25, 0.3) is 11.4 Å². The molecular weight excluding hydrogens is 458 g/mol. The Morgan fingerprint density at radius 2 is 1.83 bits per heavy atom. The number of hydrogen-bond acceptors (Lipinski definition) is 10. The molecule has 3 aromatic heterocycles. The Kier molecular flexibility index (Phi) is 7.50. The topological polar surface area (TPSA) is 123 Å². The Balaban J connectivity index is 1.66. The number of nitrogens with one attached hydrogen (secondary N) is 2. The second kappa shape index (κ2) is 10.9.